The molecule has 4 rings (SSSR count). The summed E-state index contributed by atoms with van der Waals surface area (Å²) in [5.74, 6) is 0.790. The van der Waals surface area contributed by atoms with Crippen molar-refractivity contribution in [3.05, 3.63) is 57.7 Å². The van der Waals surface area contributed by atoms with Crippen molar-refractivity contribution in [2.45, 2.75) is 26.7 Å². The van der Waals surface area contributed by atoms with Gasteiger partial charge in [-0.25, -0.2) is 4.98 Å². The summed E-state index contributed by atoms with van der Waals surface area (Å²) in [4.78, 5) is 32.3. The molecule has 1 aromatic carbocycles. The Hall–Kier alpha value is -2.51. The molecular formula is C23H25N3O2S2. The minimum absolute atomic E-state index is 0.0160. The van der Waals surface area contributed by atoms with Crippen LogP contribution in [0.15, 0.2) is 46.5 Å². The van der Waals surface area contributed by atoms with Gasteiger partial charge in [-0.3, -0.25) is 9.59 Å². The zero-order valence-electron chi connectivity index (χ0n) is 17.1. The predicted molar refractivity (Wildman–Crippen MR) is 123 cm³/mol. The highest BCUT2D eigenvalue weighted by molar-refractivity contribution is 7.14. The van der Waals surface area contributed by atoms with E-state index in [9.17, 15) is 9.59 Å². The zero-order chi connectivity index (χ0) is 21.1. The topological polar surface area (TPSA) is 62.3 Å². The van der Waals surface area contributed by atoms with E-state index in [1.807, 2.05) is 39.2 Å². The zero-order valence-corrected chi connectivity index (χ0v) is 18.8. The molecule has 156 valence electrons. The lowest BCUT2D eigenvalue weighted by Gasteiger charge is -2.35. The molecule has 0 saturated carbocycles. The number of para-hydroxylation sites is 1. The van der Waals surface area contributed by atoms with Gasteiger partial charge >= 0.3 is 0 Å². The van der Waals surface area contributed by atoms with Gasteiger partial charge in [0.15, 0.2) is 0 Å². The van der Waals surface area contributed by atoms with Crippen LogP contribution in [0, 0.1) is 11.8 Å². The minimum Gasteiger partial charge on any atom is -0.338 e. The van der Waals surface area contributed by atoms with Crippen molar-refractivity contribution in [2.24, 2.45) is 11.8 Å². The lowest BCUT2D eigenvalue weighted by molar-refractivity contribution is -0.115. The number of carbonyl (C=O) groups excluding carboxylic acids is 2. The monoisotopic (exact) mass is 439 g/mol. The summed E-state index contributed by atoms with van der Waals surface area (Å²) in [6.07, 6.45) is 1.32. The number of thiazole rings is 1. The fraction of sp³-hybridized carbons (Fsp3) is 0.348. The normalized spacial score (nSPS) is 18.9. The molecule has 30 heavy (non-hydrogen) atoms. The molecule has 0 bridgehead atoms. The summed E-state index contributed by atoms with van der Waals surface area (Å²) in [6.45, 7) is 5.88. The Bertz CT molecular complexity index is 1020. The summed E-state index contributed by atoms with van der Waals surface area (Å²) >= 11 is 3.16. The first-order valence-electron chi connectivity index (χ1n) is 10.1. The van der Waals surface area contributed by atoms with Crippen molar-refractivity contribution >= 4 is 40.2 Å². The van der Waals surface area contributed by atoms with E-state index in [1.165, 1.54) is 11.3 Å². The van der Waals surface area contributed by atoms with Gasteiger partial charge in [0, 0.05) is 29.4 Å². The van der Waals surface area contributed by atoms with Gasteiger partial charge in [0.25, 0.3) is 5.91 Å². The van der Waals surface area contributed by atoms with Gasteiger partial charge in [-0.05, 0) is 41.8 Å². The molecule has 2 amide bonds. The summed E-state index contributed by atoms with van der Waals surface area (Å²) in [5.41, 5.74) is 2.93. The second-order valence-electron chi connectivity index (χ2n) is 8.08. The molecule has 5 nitrogen and oxygen atoms in total. The van der Waals surface area contributed by atoms with E-state index < -0.39 is 0 Å². The third kappa shape index (κ3) is 4.79. The average Bonchev–Trinajstić information content (AvgIpc) is 3.39. The third-order valence-corrected chi connectivity index (χ3v) is 6.87. The molecule has 1 N–H and O–H groups in total. The molecule has 1 aliphatic heterocycles. The lowest BCUT2D eigenvalue weighted by Crippen LogP contribution is -2.42. The van der Waals surface area contributed by atoms with Crippen molar-refractivity contribution in [1.29, 1.82) is 0 Å². The van der Waals surface area contributed by atoms with E-state index in [2.05, 4.69) is 24.1 Å². The molecule has 0 radical (unpaired) electrons. The van der Waals surface area contributed by atoms with E-state index in [0.29, 0.717) is 23.1 Å². The molecule has 1 aliphatic rings. The van der Waals surface area contributed by atoms with E-state index in [0.717, 1.165) is 35.8 Å². The van der Waals surface area contributed by atoms with E-state index >= 15 is 0 Å². The Morgan fingerprint density at radius 2 is 1.90 bits per heavy atom. The molecule has 1 saturated heterocycles. The van der Waals surface area contributed by atoms with Crippen LogP contribution in [0.1, 0.15) is 36.3 Å². The number of carbonyl (C=O) groups is 2. The molecule has 0 aliphatic carbocycles. The molecule has 2 aromatic heterocycles. The largest absolute Gasteiger partial charge is 0.338 e. The van der Waals surface area contributed by atoms with Gasteiger partial charge in [0.1, 0.15) is 5.01 Å². The molecule has 7 heteroatoms. The second-order valence-corrected chi connectivity index (χ2v) is 9.72. The maximum absolute atomic E-state index is 13.2. The molecule has 1 fully saturated rings. The lowest BCUT2D eigenvalue weighted by atomic mass is 9.91. The number of thiophene rings is 1. The van der Waals surface area contributed by atoms with Crippen molar-refractivity contribution in [1.82, 2.24) is 9.88 Å². The van der Waals surface area contributed by atoms with Crippen molar-refractivity contribution < 1.29 is 9.59 Å². The van der Waals surface area contributed by atoms with Crippen LogP contribution in [0.25, 0.3) is 10.6 Å². The number of benzene rings is 1. The smallest absolute Gasteiger partial charge is 0.255 e. The van der Waals surface area contributed by atoms with Crippen LogP contribution in [0.5, 0.6) is 0 Å². The molecule has 0 spiro atoms. The summed E-state index contributed by atoms with van der Waals surface area (Å²) < 4.78 is 0. The van der Waals surface area contributed by atoms with Crippen molar-refractivity contribution in [3.8, 4) is 10.6 Å². The number of anilines is 1. The average molecular weight is 440 g/mol. The molecule has 3 heterocycles. The number of likely N-dealkylation sites (tertiary alicyclic amines) is 1. The third-order valence-electron chi connectivity index (χ3n) is 5.25. The summed E-state index contributed by atoms with van der Waals surface area (Å²) in [6, 6.07) is 9.29. The fourth-order valence-electron chi connectivity index (χ4n) is 4.04. The first-order chi connectivity index (χ1) is 14.5. The molecule has 2 unspecified atom stereocenters. The van der Waals surface area contributed by atoms with Crippen LogP contribution < -0.4 is 5.32 Å². The highest BCUT2D eigenvalue weighted by Gasteiger charge is 2.27. The van der Waals surface area contributed by atoms with Crippen LogP contribution in [-0.4, -0.2) is 34.8 Å². The summed E-state index contributed by atoms with van der Waals surface area (Å²) in [5, 5.41) is 9.83. The van der Waals surface area contributed by atoms with Gasteiger partial charge in [-0.1, -0.05) is 26.0 Å². The van der Waals surface area contributed by atoms with E-state index in [1.54, 1.807) is 23.5 Å². The van der Waals surface area contributed by atoms with Gasteiger partial charge in [0.05, 0.1) is 23.4 Å². The molecule has 3 aromatic rings. The fourth-order valence-corrected chi connectivity index (χ4v) is 5.58. The van der Waals surface area contributed by atoms with Crippen LogP contribution >= 0.6 is 22.7 Å². The Labute approximate surface area is 184 Å². The Morgan fingerprint density at radius 3 is 2.63 bits per heavy atom. The van der Waals surface area contributed by atoms with E-state index in [4.69, 9.17) is 0 Å². The maximum Gasteiger partial charge on any atom is 0.255 e. The maximum atomic E-state index is 13.2. The second kappa shape index (κ2) is 9.10. The SMILES string of the molecule is CC1CC(C)CN(C(=O)c2ccccc2NC(=O)Cc2csc(-c3ccsc3)n2)C1. The highest BCUT2D eigenvalue weighted by Crippen LogP contribution is 2.27. The Kier molecular flexibility index (Phi) is 6.29. The number of aromatic nitrogens is 1. The number of nitrogens with zero attached hydrogens (tertiary/aromatic N) is 2. The first kappa shape index (κ1) is 20.8. The van der Waals surface area contributed by atoms with Gasteiger partial charge in [-0.2, -0.15) is 11.3 Å². The van der Waals surface area contributed by atoms with Gasteiger partial charge in [0.2, 0.25) is 5.91 Å². The number of amides is 2. The van der Waals surface area contributed by atoms with E-state index in [-0.39, 0.29) is 18.2 Å². The highest BCUT2D eigenvalue weighted by atomic mass is 32.1. The number of hydrogen-bond acceptors (Lipinski definition) is 5. The van der Waals surface area contributed by atoms with Crippen LogP contribution in [0.3, 0.4) is 0 Å². The van der Waals surface area contributed by atoms with Crippen LogP contribution in [-0.2, 0) is 11.2 Å². The number of hydrogen-bond donors (Lipinski definition) is 1. The Morgan fingerprint density at radius 1 is 1.13 bits per heavy atom. The standard InChI is InChI=1S/C23H25N3O2S2/c1-15-9-16(2)12-26(11-15)23(28)19-5-3-4-6-20(19)25-21(27)10-18-14-30-22(24-18)17-7-8-29-13-17/h3-8,13-16H,9-12H2,1-2H3,(H,25,27). The van der Waals surface area contributed by atoms with Crippen molar-refractivity contribution in [2.75, 3.05) is 18.4 Å². The predicted octanol–water partition coefficient (Wildman–Crippen LogP) is 5.17. The minimum atomic E-state index is -0.169. The summed E-state index contributed by atoms with van der Waals surface area (Å²) in [7, 11) is 0. The van der Waals surface area contributed by atoms with Crippen LogP contribution in [0.4, 0.5) is 5.69 Å². The molecule has 2 atom stereocenters. The number of nitrogens with one attached hydrogen (secondary N) is 1. The van der Waals surface area contributed by atoms with Gasteiger partial charge < -0.3 is 10.2 Å². The number of piperidine rings is 1. The Balaban J connectivity index is 1.45. The number of rotatable bonds is 5. The first-order valence-corrected chi connectivity index (χ1v) is 12.0. The van der Waals surface area contributed by atoms with Crippen LogP contribution in [0.2, 0.25) is 0 Å². The van der Waals surface area contributed by atoms with Gasteiger partial charge in [-0.15, -0.1) is 11.3 Å². The quantitative estimate of drug-likeness (QED) is 0.596. The molecular weight excluding hydrogens is 414 g/mol. The van der Waals surface area contributed by atoms with Crippen molar-refractivity contribution in [3.63, 3.8) is 0 Å².